The van der Waals surface area contributed by atoms with E-state index in [4.69, 9.17) is 10.5 Å². The summed E-state index contributed by atoms with van der Waals surface area (Å²) in [5.41, 5.74) is 1.53. The molecule has 114 valence electrons. The number of ether oxygens (including phenoxy) is 1. The van der Waals surface area contributed by atoms with E-state index in [1.165, 1.54) is 19.2 Å². The number of hydrogen-bond acceptors (Lipinski definition) is 8. The molecule has 0 aliphatic carbocycles. The molecule has 1 saturated heterocycles. The SMILES string of the molecule is C[C@@]1(O)[C@H](O)[C@](CO)(CF)O[C@H]1N1C=CC(N)=NC1O. The molecule has 0 radical (unpaired) electrons. The highest BCUT2D eigenvalue weighted by atomic mass is 19.1. The van der Waals surface area contributed by atoms with Gasteiger partial charge in [-0.1, -0.05) is 0 Å². The average Bonchev–Trinajstić information content (AvgIpc) is 2.60. The number of nitrogens with zero attached hydrogens (tertiary/aromatic N) is 2. The van der Waals surface area contributed by atoms with Gasteiger partial charge in [-0.15, -0.1) is 0 Å². The molecular formula is C11H18FN3O5. The minimum Gasteiger partial charge on any atom is -0.393 e. The van der Waals surface area contributed by atoms with Gasteiger partial charge in [0.05, 0.1) is 6.61 Å². The van der Waals surface area contributed by atoms with E-state index in [0.717, 1.165) is 4.90 Å². The van der Waals surface area contributed by atoms with Crippen LogP contribution in [0.25, 0.3) is 0 Å². The molecule has 0 aromatic rings. The molecule has 2 heterocycles. The van der Waals surface area contributed by atoms with Gasteiger partial charge in [-0.25, -0.2) is 9.38 Å². The van der Waals surface area contributed by atoms with E-state index in [2.05, 4.69) is 4.99 Å². The summed E-state index contributed by atoms with van der Waals surface area (Å²) in [7, 11) is 0. The molecule has 2 aliphatic heterocycles. The molecule has 9 heteroatoms. The molecule has 0 aromatic heterocycles. The summed E-state index contributed by atoms with van der Waals surface area (Å²) >= 11 is 0. The normalized spacial score (nSPS) is 44.8. The quantitative estimate of drug-likeness (QED) is 0.392. The topological polar surface area (TPSA) is 132 Å². The van der Waals surface area contributed by atoms with Crippen molar-refractivity contribution < 1.29 is 29.6 Å². The van der Waals surface area contributed by atoms with Crippen molar-refractivity contribution in [3.8, 4) is 0 Å². The van der Waals surface area contributed by atoms with Crippen molar-refractivity contribution >= 4 is 5.84 Å². The first-order valence-corrected chi connectivity index (χ1v) is 6.00. The first-order valence-electron chi connectivity index (χ1n) is 6.00. The van der Waals surface area contributed by atoms with Crippen LogP contribution in [0.4, 0.5) is 4.39 Å². The molecule has 5 atom stereocenters. The number of amidine groups is 1. The molecule has 0 aromatic carbocycles. The minimum absolute atomic E-state index is 0.0749. The zero-order chi connectivity index (χ0) is 15.1. The molecule has 0 spiro atoms. The van der Waals surface area contributed by atoms with Gasteiger partial charge in [0.15, 0.2) is 11.8 Å². The lowest BCUT2D eigenvalue weighted by molar-refractivity contribution is -0.181. The first-order chi connectivity index (χ1) is 9.28. The Bertz CT molecular complexity index is 438. The fraction of sp³-hybridized carbons (Fsp3) is 0.727. The van der Waals surface area contributed by atoms with E-state index in [1.807, 2.05) is 0 Å². The number of nitrogens with two attached hydrogens (primary N) is 1. The Balaban J connectivity index is 2.32. The van der Waals surface area contributed by atoms with Gasteiger partial charge >= 0.3 is 0 Å². The molecule has 2 aliphatic rings. The van der Waals surface area contributed by atoms with Crippen molar-refractivity contribution in [3.05, 3.63) is 12.3 Å². The maximum absolute atomic E-state index is 13.1. The number of hydrogen-bond donors (Lipinski definition) is 5. The monoisotopic (exact) mass is 291 g/mol. The van der Waals surface area contributed by atoms with Crippen molar-refractivity contribution in [2.45, 2.75) is 36.8 Å². The van der Waals surface area contributed by atoms with E-state index < -0.39 is 43.2 Å². The molecule has 2 rings (SSSR count). The molecular weight excluding hydrogens is 273 g/mol. The minimum atomic E-state index is -1.95. The number of alkyl halides is 1. The van der Waals surface area contributed by atoms with Gasteiger partial charge < -0.3 is 35.8 Å². The summed E-state index contributed by atoms with van der Waals surface area (Å²) in [6, 6.07) is 0. The highest BCUT2D eigenvalue weighted by molar-refractivity contribution is 5.91. The highest BCUT2D eigenvalue weighted by Gasteiger charge is 2.63. The molecule has 6 N–H and O–H groups in total. The van der Waals surface area contributed by atoms with Gasteiger partial charge in [0.1, 0.15) is 24.2 Å². The Hall–Kier alpha value is -1.26. The molecule has 1 unspecified atom stereocenters. The fourth-order valence-electron chi connectivity index (χ4n) is 2.39. The molecule has 1 fully saturated rings. The van der Waals surface area contributed by atoms with Gasteiger partial charge in [-0.2, -0.15) is 0 Å². The van der Waals surface area contributed by atoms with Crippen LogP contribution in [0.1, 0.15) is 6.92 Å². The van der Waals surface area contributed by atoms with Gasteiger partial charge in [-0.05, 0) is 13.0 Å². The van der Waals surface area contributed by atoms with Gasteiger partial charge in [-0.3, -0.25) is 0 Å². The molecule has 0 bridgehead atoms. The second-order valence-electron chi connectivity index (χ2n) is 5.12. The van der Waals surface area contributed by atoms with Crippen molar-refractivity contribution in [3.63, 3.8) is 0 Å². The molecule has 0 saturated carbocycles. The van der Waals surface area contributed by atoms with Crippen molar-refractivity contribution in [2.75, 3.05) is 13.3 Å². The first kappa shape index (κ1) is 15.1. The van der Waals surface area contributed by atoms with E-state index in [0.29, 0.717) is 0 Å². The van der Waals surface area contributed by atoms with Gasteiger partial charge in [0, 0.05) is 6.20 Å². The van der Waals surface area contributed by atoms with Gasteiger partial charge in [0.2, 0.25) is 6.35 Å². The van der Waals surface area contributed by atoms with Crippen molar-refractivity contribution in [1.82, 2.24) is 4.90 Å². The second kappa shape index (κ2) is 4.93. The Morgan fingerprint density at radius 2 is 2.20 bits per heavy atom. The lowest BCUT2D eigenvalue weighted by atomic mass is 9.88. The number of rotatable bonds is 3. The summed E-state index contributed by atoms with van der Waals surface area (Å²) in [6.07, 6.45) is -1.77. The van der Waals surface area contributed by atoms with Crippen molar-refractivity contribution in [1.29, 1.82) is 0 Å². The number of aliphatic hydroxyl groups excluding tert-OH is 3. The lowest BCUT2D eigenvalue weighted by Gasteiger charge is -2.37. The molecule has 0 amide bonds. The summed E-state index contributed by atoms with van der Waals surface area (Å²) < 4.78 is 18.4. The Morgan fingerprint density at radius 3 is 2.65 bits per heavy atom. The maximum atomic E-state index is 13.1. The van der Waals surface area contributed by atoms with E-state index in [-0.39, 0.29) is 5.84 Å². The van der Waals surface area contributed by atoms with Crippen LogP contribution < -0.4 is 5.73 Å². The van der Waals surface area contributed by atoms with Crippen LogP contribution in [0.5, 0.6) is 0 Å². The van der Waals surface area contributed by atoms with E-state index in [1.54, 1.807) is 0 Å². The summed E-state index contributed by atoms with van der Waals surface area (Å²) in [4.78, 5) is 4.73. The van der Waals surface area contributed by atoms with Crippen LogP contribution in [0.3, 0.4) is 0 Å². The average molecular weight is 291 g/mol. The summed E-state index contributed by atoms with van der Waals surface area (Å²) in [5.74, 6) is 0.0749. The summed E-state index contributed by atoms with van der Waals surface area (Å²) in [6.45, 7) is -0.801. The second-order valence-corrected chi connectivity index (χ2v) is 5.12. The van der Waals surface area contributed by atoms with Crippen LogP contribution in [-0.4, -0.2) is 74.3 Å². The van der Waals surface area contributed by atoms with Crippen LogP contribution in [-0.2, 0) is 4.74 Å². The molecule has 20 heavy (non-hydrogen) atoms. The maximum Gasteiger partial charge on any atom is 0.229 e. The fourth-order valence-corrected chi connectivity index (χ4v) is 2.39. The Kier molecular flexibility index (Phi) is 3.73. The summed E-state index contributed by atoms with van der Waals surface area (Å²) in [5, 5.41) is 39.4. The van der Waals surface area contributed by atoms with E-state index >= 15 is 0 Å². The van der Waals surface area contributed by atoms with Crippen LogP contribution >= 0.6 is 0 Å². The van der Waals surface area contributed by atoms with E-state index in [9.17, 15) is 24.8 Å². The van der Waals surface area contributed by atoms with Gasteiger partial charge in [0.25, 0.3) is 0 Å². The number of aliphatic hydroxyl groups is 4. The Labute approximate surface area is 114 Å². The zero-order valence-electron chi connectivity index (χ0n) is 10.8. The third-order valence-electron chi connectivity index (χ3n) is 3.61. The molecule has 8 nitrogen and oxygen atoms in total. The zero-order valence-corrected chi connectivity index (χ0v) is 10.8. The lowest BCUT2D eigenvalue weighted by Crippen LogP contribution is -2.56. The third kappa shape index (κ3) is 2.07. The number of aliphatic imine (C=N–C) groups is 1. The highest BCUT2D eigenvalue weighted by Crippen LogP contribution is 2.41. The smallest absolute Gasteiger partial charge is 0.229 e. The Morgan fingerprint density at radius 1 is 1.55 bits per heavy atom. The number of halogens is 1. The third-order valence-corrected chi connectivity index (χ3v) is 3.61. The standard InChI is InChI=1S/C11H18FN3O5/c1-10(19)7(17)11(4-12,5-16)20-8(10)15-3-2-6(13)14-9(15)18/h2-3,7-9,16-19H,4-5H2,1H3,(H2,13,14)/t7-,8+,9?,10+,11+/m0/s1. The van der Waals surface area contributed by atoms with Crippen LogP contribution in [0.2, 0.25) is 0 Å². The van der Waals surface area contributed by atoms with Crippen molar-refractivity contribution in [2.24, 2.45) is 10.7 Å². The van der Waals surface area contributed by atoms with Crippen LogP contribution in [0, 0.1) is 0 Å². The predicted octanol–water partition coefficient (Wildman–Crippen LogP) is -2.38. The largest absolute Gasteiger partial charge is 0.393 e. The predicted molar refractivity (Wildman–Crippen MR) is 65.9 cm³/mol. The van der Waals surface area contributed by atoms with Crippen LogP contribution in [0.15, 0.2) is 17.3 Å².